The van der Waals surface area contributed by atoms with Crippen molar-refractivity contribution >= 4 is 11.9 Å². The molecule has 19 heavy (non-hydrogen) atoms. The smallest absolute Gasteiger partial charge is 0.333 e. The maximum absolute atomic E-state index is 11.7. The second kappa shape index (κ2) is 5.52. The van der Waals surface area contributed by atoms with E-state index in [4.69, 9.17) is 9.47 Å². The Hall–Kier alpha value is -2.36. The van der Waals surface area contributed by atoms with E-state index >= 15 is 0 Å². The summed E-state index contributed by atoms with van der Waals surface area (Å²) in [5.74, 6) is -1.36. The maximum atomic E-state index is 11.7. The maximum Gasteiger partial charge on any atom is 0.333 e. The predicted octanol–water partition coefficient (Wildman–Crippen LogP) is 1.98. The highest BCUT2D eigenvalue weighted by molar-refractivity contribution is 5.90. The first-order valence-electron chi connectivity index (χ1n) is 5.84. The van der Waals surface area contributed by atoms with Gasteiger partial charge in [-0.25, -0.2) is 9.59 Å². The minimum Gasteiger partial charge on any atom is -0.466 e. The number of benzene rings is 1. The van der Waals surface area contributed by atoms with Gasteiger partial charge < -0.3 is 9.47 Å². The minimum atomic E-state index is -0.526. The number of methoxy groups -OCH3 is 1. The van der Waals surface area contributed by atoms with Crippen LogP contribution in [0.3, 0.4) is 0 Å². The molecule has 0 saturated heterocycles. The van der Waals surface area contributed by atoms with E-state index in [2.05, 4.69) is 6.58 Å². The first-order valence-corrected chi connectivity index (χ1v) is 5.84. The molecule has 0 bridgehead atoms. The summed E-state index contributed by atoms with van der Waals surface area (Å²) in [6.45, 7) is 3.77. The molecule has 2 rings (SSSR count). The van der Waals surface area contributed by atoms with Crippen LogP contribution in [0.1, 0.15) is 11.5 Å². The standard InChI is InChI=1S/C15H14O4/c1-10(15(17)18-2)14(11-6-4-3-5-7-11)12-8-9-13(16)19-12/h3-9,12,14H,1H2,2H3/t12-,14+/m0/s1. The highest BCUT2D eigenvalue weighted by Crippen LogP contribution is 2.32. The van der Waals surface area contributed by atoms with Crippen LogP contribution in [0.4, 0.5) is 0 Å². The Kier molecular flexibility index (Phi) is 3.80. The molecule has 1 aromatic rings. The summed E-state index contributed by atoms with van der Waals surface area (Å²) in [6, 6.07) is 9.30. The third kappa shape index (κ3) is 2.73. The molecule has 0 aromatic heterocycles. The number of carbonyl (C=O) groups is 2. The fraction of sp³-hybridized carbons (Fsp3) is 0.200. The van der Waals surface area contributed by atoms with E-state index in [1.54, 1.807) is 6.08 Å². The van der Waals surface area contributed by atoms with E-state index in [1.165, 1.54) is 13.2 Å². The molecule has 2 atom stereocenters. The van der Waals surface area contributed by atoms with Gasteiger partial charge >= 0.3 is 11.9 Å². The summed E-state index contributed by atoms with van der Waals surface area (Å²) in [4.78, 5) is 22.9. The van der Waals surface area contributed by atoms with E-state index in [-0.39, 0.29) is 5.57 Å². The van der Waals surface area contributed by atoms with Crippen molar-refractivity contribution in [2.24, 2.45) is 0 Å². The fourth-order valence-corrected chi connectivity index (χ4v) is 2.07. The van der Waals surface area contributed by atoms with Crippen LogP contribution < -0.4 is 0 Å². The van der Waals surface area contributed by atoms with Crippen molar-refractivity contribution in [2.45, 2.75) is 12.0 Å². The summed E-state index contributed by atoms with van der Waals surface area (Å²) >= 11 is 0. The number of ether oxygens (including phenoxy) is 2. The van der Waals surface area contributed by atoms with Gasteiger partial charge in [-0.15, -0.1) is 0 Å². The predicted molar refractivity (Wildman–Crippen MR) is 69.4 cm³/mol. The van der Waals surface area contributed by atoms with Crippen LogP contribution in [0, 0.1) is 0 Å². The van der Waals surface area contributed by atoms with Crippen molar-refractivity contribution < 1.29 is 19.1 Å². The lowest BCUT2D eigenvalue weighted by Gasteiger charge is -2.23. The topological polar surface area (TPSA) is 52.6 Å². The molecule has 4 heteroatoms. The zero-order valence-electron chi connectivity index (χ0n) is 10.5. The molecule has 0 saturated carbocycles. The highest BCUT2D eigenvalue weighted by atomic mass is 16.5. The first kappa shape index (κ1) is 13.1. The molecule has 0 amide bonds. The third-order valence-electron chi connectivity index (χ3n) is 2.98. The lowest BCUT2D eigenvalue weighted by Crippen LogP contribution is -2.24. The van der Waals surface area contributed by atoms with Crippen LogP contribution in [0.15, 0.2) is 54.6 Å². The van der Waals surface area contributed by atoms with Gasteiger partial charge in [-0.05, 0) is 11.6 Å². The normalized spacial score (nSPS) is 18.8. The third-order valence-corrected chi connectivity index (χ3v) is 2.98. The molecule has 0 fully saturated rings. The van der Waals surface area contributed by atoms with Gasteiger partial charge in [0, 0.05) is 11.6 Å². The van der Waals surface area contributed by atoms with Crippen molar-refractivity contribution in [1.29, 1.82) is 0 Å². The molecule has 0 unspecified atom stereocenters. The number of esters is 2. The Labute approximate surface area is 111 Å². The van der Waals surface area contributed by atoms with E-state index in [0.29, 0.717) is 0 Å². The van der Waals surface area contributed by atoms with Crippen LogP contribution in [-0.2, 0) is 19.1 Å². The minimum absolute atomic E-state index is 0.262. The van der Waals surface area contributed by atoms with Gasteiger partial charge in [0.05, 0.1) is 13.0 Å². The zero-order valence-corrected chi connectivity index (χ0v) is 10.5. The molecule has 0 aliphatic carbocycles. The number of cyclic esters (lactones) is 1. The monoisotopic (exact) mass is 258 g/mol. The molecule has 1 aliphatic rings. The molecule has 1 aromatic carbocycles. The van der Waals surface area contributed by atoms with Crippen molar-refractivity contribution in [3.05, 3.63) is 60.2 Å². The van der Waals surface area contributed by atoms with Crippen molar-refractivity contribution in [2.75, 3.05) is 7.11 Å². The number of carbonyl (C=O) groups excluding carboxylic acids is 2. The average molecular weight is 258 g/mol. The fourth-order valence-electron chi connectivity index (χ4n) is 2.07. The molecule has 1 aliphatic heterocycles. The first-order chi connectivity index (χ1) is 9.13. The molecule has 4 nitrogen and oxygen atoms in total. The van der Waals surface area contributed by atoms with E-state index < -0.39 is 24.0 Å². The zero-order chi connectivity index (χ0) is 13.8. The SMILES string of the molecule is C=C(C(=O)OC)[C@H](c1ccccc1)[C@@H]1C=CC(=O)O1. The van der Waals surface area contributed by atoms with Gasteiger partial charge in [-0.1, -0.05) is 36.9 Å². The molecular weight excluding hydrogens is 244 g/mol. The van der Waals surface area contributed by atoms with Crippen LogP contribution in [0.2, 0.25) is 0 Å². The van der Waals surface area contributed by atoms with Gasteiger partial charge in [-0.3, -0.25) is 0 Å². The molecule has 0 spiro atoms. The number of rotatable bonds is 4. The summed E-state index contributed by atoms with van der Waals surface area (Å²) in [5, 5.41) is 0. The van der Waals surface area contributed by atoms with Gasteiger partial charge in [0.15, 0.2) is 0 Å². The van der Waals surface area contributed by atoms with Gasteiger partial charge in [0.25, 0.3) is 0 Å². The second-order valence-electron chi connectivity index (χ2n) is 4.17. The second-order valence-corrected chi connectivity index (χ2v) is 4.17. The van der Waals surface area contributed by atoms with Crippen LogP contribution in [0.25, 0.3) is 0 Å². The van der Waals surface area contributed by atoms with E-state index in [9.17, 15) is 9.59 Å². The molecular formula is C15H14O4. The van der Waals surface area contributed by atoms with Crippen molar-refractivity contribution in [3.8, 4) is 0 Å². The Morgan fingerprint density at radius 1 is 1.37 bits per heavy atom. The van der Waals surface area contributed by atoms with Crippen LogP contribution >= 0.6 is 0 Å². The Balaban J connectivity index is 2.34. The van der Waals surface area contributed by atoms with Crippen LogP contribution in [-0.4, -0.2) is 25.2 Å². The summed E-state index contributed by atoms with van der Waals surface area (Å²) < 4.78 is 9.87. The molecule has 98 valence electrons. The molecule has 1 heterocycles. The lowest BCUT2D eigenvalue weighted by atomic mass is 9.87. The molecule has 0 radical (unpaired) electrons. The van der Waals surface area contributed by atoms with E-state index in [0.717, 1.165) is 5.56 Å². The largest absolute Gasteiger partial charge is 0.466 e. The summed E-state index contributed by atoms with van der Waals surface area (Å²) in [7, 11) is 1.30. The van der Waals surface area contributed by atoms with Gasteiger partial charge in [-0.2, -0.15) is 0 Å². The highest BCUT2D eigenvalue weighted by Gasteiger charge is 2.33. The molecule has 0 N–H and O–H groups in total. The van der Waals surface area contributed by atoms with E-state index in [1.807, 2.05) is 30.3 Å². The van der Waals surface area contributed by atoms with Crippen LogP contribution in [0.5, 0.6) is 0 Å². The Morgan fingerprint density at radius 3 is 2.58 bits per heavy atom. The quantitative estimate of drug-likeness (QED) is 0.612. The Morgan fingerprint density at radius 2 is 2.05 bits per heavy atom. The summed E-state index contributed by atoms with van der Waals surface area (Å²) in [5.41, 5.74) is 1.11. The van der Waals surface area contributed by atoms with Crippen molar-refractivity contribution in [3.63, 3.8) is 0 Å². The van der Waals surface area contributed by atoms with Crippen molar-refractivity contribution in [1.82, 2.24) is 0 Å². The average Bonchev–Trinajstić information content (AvgIpc) is 2.85. The number of hydrogen-bond donors (Lipinski definition) is 0. The van der Waals surface area contributed by atoms with Gasteiger partial charge in [0.2, 0.25) is 0 Å². The van der Waals surface area contributed by atoms with Gasteiger partial charge in [0.1, 0.15) is 6.10 Å². The summed E-state index contributed by atoms with van der Waals surface area (Å²) in [6.07, 6.45) is 2.46. The number of hydrogen-bond acceptors (Lipinski definition) is 4. The lowest BCUT2D eigenvalue weighted by molar-refractivity contribution is -0.141. The Bertz CT molecular complexity index is 530.